The monoisotopic (exact) mass is 367 g/mol. The minimum absolute atomic E-state index is 0.544. The largest absolute Gasteiger partial charge is 0.394 e. The van der Waals surface area contributed by atoms with E-state index in [0.29, 0.717) is 0 Å². The van der Waals surface area contributed by atoms with E-state index in [4.69, 9.17) is 14.2 Å². The lowest BCUT2D eigenvalue weighted by Crippen LogP contribution is -2.67. The fourth-order valence-corrected chi connectivity index (χ4v) is 2.91. The van der Waals surface area contributed by atoms with Crippen LogP contribution in [0, 0.1) is 0 Å². The maximum atomic E-state index is 11.4. The van der Waals surface area contributed by atoms with Crippen molar-refractivity contribution in [1.29, 1.82) is 0 Å². The first-order valence-electron chi connectivity index (χ1n) is 7.92. The summed E-state index contributed by atoms with van der Waals surface area (Å²) >= 11 is 0. The molecule has 25 heavy (non-hydrogen) atoms. The van der Waals surface area contributed by atoms with Gasteiger partial charge in [-0.05, 0) is 6.92 Å². The number of hydrogen-bond acceptors (Lipinski definition) is 10. The Morgan fingerprint density at radius 1 is 1.04 bits per heavy atom. The molecule has 11 nitrogen and oxygen atoms in total. The fourth-order valence-electron chi connectivity index (χ4n) is 2.91. The van der Waals surface area contributed by atoms with Crippen molar-refractivity contribution in [2.75, 3.05) is 6.61 Å². The Labute approximate surface area is 143 Å². The highest BCUT2D eigenvalue weighted by atomic mass is 16.7. The third kappa shape index (κ3) is 4.27. The summed E-state index contributed by atoms with van der Waals surface area (Å²) in [6.07, 6.45) is -12.4. The highest BCUT2D eigenvalue weighted by Gasteiger charge is 2.50. The highest BCUT2D eigenvalue weighted by Crippen LogP contribution is 2.28. The fraction of sp³-hybridized carbons (Fsp3) is 0.929. The maximum absolute atomic E-state index is 11.4. The zero-order valence-corrected chi connectivity index (χ0v) is 13.8. The first kappa shape index (κ1) is 20.4. The van der Waals surface area contributed by atoms with Crippen LogP contribution < -0.4 is 5.32 Å². The number of carbonyl (C=O) groups is 1. The average Bonchev–Trinajstić information content (AvgIpc) is 2.55. The zero-order chi connectivity index (χ0) is 18.9. The maximum Gasteiger partial charge on any atom is 0.217 e. The van der Waals surface area contributed by atoms with Gasteiger partial charge in [0.05, 0.1) is 12.7 Å². The third-order valence-corrected chi connectivity index (χ3v) is 4.34. The van der Waals surface area contributed by atoms with Gasteiger partial charge < -0.3 is 50.2 Å². The molecule has 0 unspecified atom stereocenters. The molecule has 0 radical (unpaired) electrons. The molecule has 0 aromatic rings. The predicted molar refractivity (Wildman–Crippen MR) is 78.8 cm³/mol. The molecule has 2 fully saturated rings. The molecule has 2 rings (SSSR count). The number of amides is 1. The topological polar surface area (TPSA) is 178 Å². The van der Waals surface area contributed by atoms with E-state index in [1.165, 1.54) is 13.8 Å². The van der Waals surface area contributed by atoms with Gasteiger partial charge in [-0.2, -0.15) is 0 Å². The average molecular weight is 367 g/mol. The van der Waals surface area contributed by atoms with E-state index in [0.717, 1.165) is 0 Å². The molecule has 7 N–H and O–H groups in total. The van der Waals surface area contributed by atoms with Crippen molar-refractivity contribution in [3.05, 3.63) is 0 Å². The molecular weight excluding hydrogens is 342 g/mol. The van der Waals surface area contributed by atoms with Crippen molar-refractivity contribution in [2.24, 2.45) is 0 Å². The first-order chi connectivity index (χ1) is 11.7. The van der Waals surface area contributed by atoms with Gasteiger partial charge in [0.25, 0.3) is 0 Å². The van der Waals surface area contributed by atoms with Gasteiger partial charge in [0, 0.05) is 6.92 Å². The molecule has 146 valence electrons. The van der Waals surface area contributed by atoms with Crippen LogP contribution in [0.15, 0.2) is 0 Å². The molecule has 11 heteroatoms. The van der Waals surface area contributed by atoms with Gasteiger partial charge in [0.15, 0.2) is 12.6 Å². The lowest BCUT2D eigenvalue weighted by atomic mass is 9.95. The summed E-state index contributed by atoms with van der Waals surface area (Å²) in [5.74, 6) is -0.544. The summed E-state index contributed by atoms with van der Waals surface area (Å²) < 4.78 is 15.8. The van der Waals surface area contributed by atoms with E-state index >= 15 is 0 Å². The van der Waals surface area contributed by atoms with Crippen LogP contribution in [-0.4, -0.2) is 105 Å². The van der Waals surface area contributed by atoms with Crippen molar-refractivity contribution < 1.29 is 49.6 Å². The highest BCUT2D eigenvalue weighted by molar-refractivity contribution is 5.73. The van der Waals surface area contributed by atoms with Gasteiger partial charge in [-0.25, -0.2) is 0 Å². The molecule has 0 spiro atoms. The second-order valence-electron chi connectivity index (χ2n) is 6.25. The van der Waals surface area contributed by atoms with Crippen molar-refractivity contribution in [1.82, 2.24) is 5.32 Å². The van der Waals surface area contributed by atoms with Crippen LogP contribution in [0.1, 0.15) is 13.8 Å². The molecule has 0 saturated carbocycles. The van der Waals surface area contributed by atoms with E-state index in [9.17, 15) is 35.4 Å². The number of nitrogens with one attached hydrogen (secondary N) is 1. The van der Waals surface area contributed by atoms with E-state index in [-0.39, 0.29) is 0 Å². The molecule has 0 aromatic heterocycles. The molecule has 2 heterocycles. The molecule has 2 aliphatic rings. The van der Waals surface area contributed by atoms with Crippen molar-refractivity contribution in [2.45, 2.75) is 75.2 Å². The Kier molecular flexibility index (Phi) is 6.70. The lowest BCUT2D eigenvalue weighted by Gasteiger charge is -2.46. The Hall–Kier alpha value is -0.890. The molecule has 0 bridgehead atoms. The number of carbonyl (C=O) groups excluding carboxylic acids is 1. The SMILES string of the molecule is CC(=O)N[C@H]1[C@@H](O[C@H]2[C@@H](O)[C@@H](C)O[C@H](O)[C@@H]2O)O[C@H](CO)[C@@H](O)[C@@H]1O. The summed E-state index contributed by atoms with van der Waals surface area (Å²) in [4.78, 5) is 11.4. The van der Waals surface area contributed by atoms with Crippen LogP contribution in [0.25, 0.3) is 0 Å². The zero-order valence-electron chi connectivity index (χ0n) is 13.8. The van der Waals surface area contributed by atoms with Gasteiger partial charge >= 0.3 is 0 Å². The number of hydrogen-bond donors (Lipinski definition) is 7. The quantitative estimate of drug-likeness (QED) is 0.257. The second-order valence-corrected chi connectivity index (χ2v) is 6.25. The van der Waals surface area contributed by atoms with Gasteiger partial charge in [0.2, 0.25) is 5.91 Å². The predicted octanol–water partition coefficient (Wildman–Crippen LogP) is -4.23. The first-order valence-corrected chi connectivity index (χ1v) is 7.92. The summed E-state index contributed by atoms with van der Waals surface area (Å²) in [5.41, 5.74) is 0. The van der Waals surface area contributed by atoms with Crippen LogP contribution in [0.3, 0.4) is 0 Å². The van der Waals surface area contributed by atoms with Gasteiger partial charge in [-0.1, -0.05) is 0 Å². The molecular formula is C14H25NO10. The van der Waals surface area contributed by atoms with Crippen LogP contribution >= 0.6 is 0 Å². The van der Waals surface area contributed by atoms with Gasteiger partial charge in [0.1, 0.15) is 42.7 Å². The Morgan fingerprint density at radius 3 is 2.24 bits per heavy atom. The standard InChI is InChI=1S/C14H25NO10/c1-4-8(18)12(11(21)13(22)23-4)25-14-7(15-5(2)17)10(20)9(19)6(3-16)24-14/h4,6-14,16,18-22H,3H2,1-2H3,(H,15,17)/t4-,6-,7-,8+,9-,10-,11-,12+,13+,14-/m1/s1. The van der Waals surface area contributed by atoms with Crippen molar-refractivity contribution >= 4 is 5.91 Å². The Morgan fingerprint density at radius 2 is 1.68 bits per heavy atom. The van der Waals surface area contributed by atoms with Crippen LogP contribution in [0.4, 0.5) is 0 Å². The van der Waals surface area contributed by atoms with Crippen LogP contribution in [0.5, 0.6) is 0 Å². The van der Waals surface area contributed by atoms with Crippen molar-refractivity contribution in [3.63, 3.8) is 0 Å². The summed E-state index contributed by atoms with van der Waals surface area (Å²) in [7, 11) is 0. The number of aliphatic hydroxyl groups is 6. The second kappa shape index (κ2) is 8.20. The smallest absolute Gasteiger partial charge is 0.217 e. The summed E-state index contributed by atoms with van der Waals surface area (Å²) in [6, 6.07) is -1.23. The number of ether oxygens (including phenoxy) is 3. The normalized spacial score (nSPS) is 48.2. The molecule has 0 aromatic carbocycles. The Bertz CT molecular complexity index is 451. The third-order valence-electron chi connectivity index (χ3n) is 4.34. The Balaban J connectivity index is 2.21. The molecule has 10 atom stereocenters. The molecule has 2 saturated heterocycles. The van der Waals surface area contributed by atoms with Gasteiger partial charge in [-0.3, -0.25) is 4.79 Å². The van der Waals surface area contributed by atoms with Crippen LogP contribution in [0.2, 0.25) is 0 Å². The summed E-state index contributed by atoms with van der Waals surface area (Å²) in [5, 5.41) is 61.6. The number of aliphatic hydroxyl groups excluding tert-OH is 6. The minimum Gasteiger partial charge on any atom is -0.394 e. The van der Waals surface area contributed by atoms with E-state index in [1.807, 2.05) is 0 Å². The number of rotatable bonds is 4. The molecule has 1 amide bonds. The van der Waals surface area contributed by atoms with E-state index < -0.39 is 73.9 Å². The summed E-state index contributed by atoms with van der Waals surface area (Å²) in [6.45, 7) is 2.00. The van der Waals surface area contributed by atoms with E-state index in [1.54, 1.807) is 0 Å². The molecule has 0 aliphatic carbocycles. The van der Waals surface area contributed by atoms with Crippen LogP contribution in [-0.2, 0) is 19.0 Å². The minimum atomic E-state index is -1.62. The van der Waals surface area contributed by atoms with E-state index in [2.05, 4.69) is 5.32 Å². The van der Waals surface area contributed by atoms with Crippen molar-refractivity contribution in [3.8, 4) is 0 Å². The van der Waals surface area contributed by atoms with Gasteiger partial charge in [-0.15, -0.1) is 0 Å². The molecule has 2 aliphatic heterocycles. The lowest BCUT2D eigenvalue weighted by molar-refractivity contribution is -0.338.